The molecule has 0 saturated carbocycles. The van der Waals surface area contributed by atoms with Gasteiger partial charge < -0.3 is 10.2 Å². The van der Waals surface area contributed by atoms with Crippen LogP contribution in [0.25, 0.3) is 0 Å². The molecule has 16 heavy (non-hydrogen) atoms. The number of carbonyl (C=O) groups is 1. The lowest BCUT2D eigenvalue weighted by Crippen LogP contribution is -2.35. The summed E-state index contributed by atoms with van der Waals surface area (Å²) in [5, 5.41) is 3.31. The van der Waals surface area contributed by atoms with Gasteiger partial charge in [0.2, 0.25) is 5.91 Å². The van der Waals surface area contributed by atoms with Crippen molar-refractivity contribution in [3.8, 4) is 0 Å². The van der Waals surface area contributed by atoms with Gasteiger partial charge in [-0.25, -0.2) is 0 Å². The van der Waals surface area contributed by atoms with Gasteiger partial charge in [-0.2, -0.15) is 0 Å². The first-order valence-electron chi connectivity index (χ1n) is 5.34. The van der Waals surface area contributed by atoms with E-state index in [1.165, 1.54) is 10.5 Å². The number of benzene rings is 1. The number of hydrogen-bond acceptors (Lipinski definition) is 3. The molecule has 0 aliphatic carbocycles. The van der Waals surface area contributed by atoms with Crippen LogP contribution in [-0.2, 0) is 4.79 Å². The minimum absolute atomic E-state index is 0.120. The third-order valence-corrected chi connectivity index (χ3v) is 3.88. The Kier molecular flexibility index (Phi) is 3.51. The number of thioether (sulfide) groups is 1. The lowest BCUT2D eigenvalue weighted by Gasteiger charge is -2.15. The van der Waals surface area contributed by atoms with Crippen molar-refractivity contribution >= 4 is 17.7 Å². The van der Waals surface area contributed by atoms with Crippen LogP contribution in [-0.4, -0.2) is 37.2 Å². The first-order chi connectivity index (χ1) is 7.68. The van der Waals surface area contributed by atoms with Gasteiger partial charge in [0.15, 0.2) is 0 Å². The van der Waals surface area contributed by atoms with Crippen LogP contribution in [0.2, 0.25) is 0 Å². The molecule has 0 saturated heterocycles. The van der Waals surface area contributed by atoms with E-state index in [9.17, 15) is 4.79 Å². The number of carbonyl (C=O) groups excluding carboxylic acids is 1. The van der Waals surface area contributed by atoms with Gasteiger partial charge in [0.25, 0.3) is 0 Å². The summed E-state index contributed by atoms with van der Waals surface area (Å²) in [5.41, 5.74) is 1.32. The van der Waals surface area contributed by atoms with E-state index in [4.69, 9.17) is 0 Å². The fourth-order valence-electron chi connectivity index (χ4n) is 1.70. The first-order valence-corrected chi connectivity index (χ1v) is 6.32. The molecule has 1 atom stereocenters. The number of nitrogens with one attached hydrogen (secondary N) is 1. The summed E-state index contributed by atoms with van der Waals surface area (Å²) in [4.78, 5) is 14.4. The number of fused-ring (bicyclic) bond motifs is 1. The molecule has 0 bridgehead atoms. The fraction of sp³-hybridized carbons (Fsp3) is 0.417. The van der Waals surface area contributed by atoms with Gasteiger partial charge in [0.05, 0.1) is 6.54 Å². The third kappa shape index (κ3) is 2.39. The molecule has 1 aliphatic heterocycles. The number of likely N-dealkylation sites (N-methyl/N-ethyl adjacent to an activating group) is 1. The maximum Gasteiger partial charge on any atom is 0.236 e. The van der Waals surface area contributed by atoms with Crippen molar-refractivity contribution in [3.05, 3.63) is 29.8 Å². The molecule has 1 heterocycles. The summed E-state index contributed by atoms with van der Waals surface area (Å²) in [7, 11) is 3.56. The zero-order valence-electron chi connectivity index (χ0n) is 9.56. The molecule has 1 N–H and O–H groups in total. The molecule has 1 aliphatic rings. The van der Waals surface area contributed by atoms with Gasteiger partial charge in [-0.05, 0) is 11.6 Å². The van der Waals surface area contributed by atoms with Crippen molar-refractivity contribution in [2.24, 2.45) is 0 Å². The molecule has 2 rings (SSSR count). The summed E-state index contributed by atoms with van der Waals surface area (Å²) in [6.07, 6.45) is 0. The molecule has 0 spiro atoms. The molecule has 1 aromatic carbocycles. The topological polar surface area (TPSA) is 32.3 Å². The molecular formula is C12H16N2OS. The predicted octanol–water partition coefficient (Wildman–Crippen LogP) is 1.51. The zero-order valence-corrected chi connectivity index (χ0v) is 10.4. The SMILES string of the molecule is CN(C)C(=O)CNC1CSc2ccccc21. The standard InChI is InChI=1S/C12H16N2OS/c1-14(2)12(15)7-13-10-8-16-11-6-4-3-5-9(10)11/h3-6,10,13H,7-8H2,1-2H3. The second kappa shape index (κ2) is 4.89. The highest BCUT2D eigenvalue weighted by Gasteiger charge is 2.22. The van der Waals surface area contributed by atoms with Crippen molar-refractivity contribution in [2.45, 2.75) is 10.9 Å². The van der Waals surface area contributed by atoms with Crippen molar-refractivity contribution in [3.63, 3.8) is 0 Å². The van der Waals surface area contributed by atoms with Crippen molar-refractivity contribution in [1.29, 1.82) is 0 Å². The highest BCUT2D eigenvalue weighted by atomic mass is 32.2. The summed E-state index contributed by atoms with van der Waals surface area (Å²) < 4.78 is 0. The van der Waals surface area contributed by atoms with Crippen molar-refractivity contribution in [2.75, 3.05) is 26.4 Å². The summed E-state index contributed by atoms with van der Waals surface area (Å²) in [6, 6.07) is 8.68. The number of rotatable bonds is 3. The maximum atomic E-state index is 11.5. The van der Waals surface area contributed by atoms with Gasteiger partial charge in [0, 0.05) is 30.8 Å². The Bertz CT molecular complexity index is 392. The third-order valence-electron chi connectivity index (χ3n) is 2.70. The molecule has 0 radical (unpaired) electrons. The molecule has 3 nitrogen and oxygen atoms in total. The van der Waals surface area contributed by atoms with Gasteiger partial charge in [-0.3, -0.25) is 4.79 Å². The fourth-order valence-corrected chi connectivity index (χ4v) is 2.90. The van der Waals surface area contributed by atoms with E-state index in [1.807, 2.05) is 17.8 Å². The minimum atomic E-state index is 0.120. The molecular weight excluding hydrogens is 220 g/mol. The molecule has 4 heteroatoms. The highest BCUT2D eigenvalue weighted by Crippen LogP contribution is 2.37. The summed E-state index contributed by atoms with van der Waals surface area (Å²) >= 11 is 1.85. The van der Waals surface area contributed by atoms with Crippen LogP contribution in [0.5, 0.6) is 0 Å². The maximum absolute atomic E-state index is 11.5. The number of nitrogens with zero attached hydrogens (tertiary/aromatic N) is 1. The second-order valence-corrected chi connectivity index (χ2v) is 5.13. The van der Waals surface area contributed by atoms with Gasteiger partial charge in [-0.1, -0.05) is 18.2 Å². The largest absolute Gasteiger partial charge is 0.348 e. The summed E-state index contributed by atoms with van der Waals surface area (Å²) in [5.74, 6) is 1.13. The predicted molar refractivity (Wildman–Crippen MR) is 66.6 cm³/mol. The van der Waals surface area contributed by atoms with Crippen LogP contribution in [0.15, 0.2) is 29.2 Å². The van der Waals surface area contributed by atoms with Crippen LogP contribution in [0.1, 0.15) is 11.6 Å². The normalized spacial score (nSPS) is 18.2. The first kappa shape index (κ1) is 11.5. The Hall–Kier alpha value is -1.00. The zero-order chi connectivity index (χ0) is 11.5. The van der Waals surface area contributed by atoms with E-state index in [0.29, 0.717) is 12.6 Å². The average Bonchev–Trinajstić information content (AvgIpc) is 2.69. The smallest absolute Gasteiger partial charge is 0.236 e. The monoisotopic (exact) mass is 236 g/mol. The van der Waals surface area contributed by atoms with E-state index in [2.05, 4.69) is 23.5 Å². The summed E-state index contributed by atoms with van der Waals surface area (Å²) in [6.45, 7) is 0.409. The van der Waals surface area contributed by atoms with Gasteiger partial charge >= 0.3 is 0 Å². The van der Waals surface area contributed by atoms with Crippen molar-refractivity contribution in [1.82, 2.24) is 10.2 Å². The Morgan fingerprint density at radius 1 is 1.50 bits per heavy atom. The molecule has 1 aromatic rings. The molecule has 0 fully saturated rings. The average molecular weight is 236 g/mol. The molecule has 1 amide bonds. The van der Waals surface area contributed by atoms with Crippen LogP contribution in [0.3, 0.4) is 0 Å². The van der Waals surface area contributed by atoms with E-state index < -0.39 is 0 Å². The lowest BCUT2D eigenvalue weighted by atomic mass is 10.1. The van der Waals surface area contributed by atoms with Gasteiger partial charge in [-0.15, -0.1) is 11.8 Å². The Morgan fingerprint density at radius 3 is 3.00 bits per heavy atom. The van der Waals surface area contributed by atoms with Crippen LogP contribution >= 0.6 is 11.8 Å². The highest BCUT2D eigenvalue weighted by molar-refractivity contribution is 7.99. The van der Waals surface area contributed by atoms with E-state index in [1.54, 1.807) is 19.0 Å². The number of hydrogen-bond donors (Lipinski definition) is 1. The van der Waals surface area contributed by atoms with Crippen LogP contribution in [0, 0.1) is 0 Å². The van der Waals surface area contributed by atoms with Gasteiger partial charge in [0.1, 0.15) is 0 Å². The Balaban J connectivity index is 1.96. The Morgan fingerprint density at radius 2 is 2.25 bits per heavy atom. The van der Waals surface area contributed by atoms with E-state index in [0.717, 1.165) is 5.75 Å². The Labute approximate surface area is 100 Å². The van der Waals surface area contributed by atoms with E-state index >= 15 is 0 Å². The molecule has 0 aromatic heterocycles. The quantitative estimate of drug-likeness (QED) is 0.863. The molecule has 86 valence electrons. The minimum Gasteiger partial charge on any atom is -0.348 e. The van der Waals surface area contributed by atoms with Crippen molar-refractivity contribution < 1.29 is 4.79 Å². The van der Waals surface area contributed by atoms with E-state index in [-0.39, 0.29) is 5.91 Å². The second-order valence-electron chi connectivity index (χ2n) is 4.07. The van der Waals surface area contributed by atoms with Crippen LogP contribution in [0.4, 0.5) is 0 Å². The van der Waals surface area contributed by atoms with Crippen LogP contribution < -0.4 is 5.32 Å². The lowest BCUT2D eigenvalue weighted by molar-refractivity contribution is -0.127. The number of amides is 1. The molecule has 1 unspecified atom stereocenters.